The minimum absolute atomic E-state index is 0.300. The molecule has 0 fully saturated rings. The predicted molar refractivity (Wildman–Crippen MR) is 65.6 cm³/mol. The molecule has 0 aromatic carbocycles. The van der Waals surface area contributed by atoms with E-state index < -0.39 is 11.9 Å². The van der Waals surface area contributed by atoms with Crippen LogP contribution >= 0.6 is 0 Å². The van der Waals surface area contributed by atoms with Gasteiger partial charge in [-0.05, 0) is 24.1 Å². The van der Waals surface area contributed by atoms with E-state index in [1.165, 1.54) is 6.20 Å². The van der Waals surface area contributed by atoms with Gasteiger partial charge in [0.15, 0.2) is 5.96 Å². The van der Waals surface area contributed by atoms with E-state index in [4.69, 9.17) is 0 Å². The van der Waals surface area contributed by atoms with Crippen LogP contribution in [0.1, 0.15) is 17.7 Å². The Morgan fingerprint density at radius 3 is 2.89 bits per heavy atom. The summed E-state index contributed by atoms with van der Waals surface area (Å²) < 4.78 is 37.5. The summed E-state index contributed by atoms with van der Waals surface area (Å²) in [4.78, 5) is 9.57. The number of alkyl halides is 3. The normalized spacial score (nSPS) is 16.2. The SMILES string of the molecule is CN1CCCN=C1NCc1ccnc(C(F)(F)F)c1. The number of aromatic nitrogens is 1. The lowest BCUT2D eigenvalue weighted by atomic mass is 10.2. The standard InChI is InChI=1S/C12H15F3N4/c1-19-6-2-4-17-11(19)18-8-9-3-5-16-10(7-9)12(13,14)15/h3,5,7H,2,4,6,8H2,1H3,(H,17,18). The first-order chi connectivity index (χ1) is 8.97. The van der Waals surface area contributed by atoms with Crippen molar-refractivity contribution in [2.75, 3.05) is 20.1 Å². The van der Waals surface area contributed by atoms with E-state index in [1.54, 1.807) is 6.07 Å². The van der Waals surface area contributed by atoms with Gasteiger partial charge < -0.3 is 10.2 Å². The molecule has 0 radical (unpaired) electrons. The molecule has 1 aromatic rings. The van der Waals surface area contributed by atoms with Gasteiger partial charge in [0, 0.05) is 32.9 Å². The molecule has 1 aromatic heterocycles. The number of hydrogen-bond donors (Lipinski definition) is 1. The third-order valence-electron chi connectivity index (χ3n) is 2.84. The Balaban J connectivity index is 2.02. The van der Waals surface area contributed by atoms with Crippen molar-refractivity contribution in [1.29, 1.82) is 0 Å². The molecule has 7 heteroatoms. The Bertz CT molecular complexity index is 470. The first kappa shape index (κ1) is 13.6. The van der Waals surface area contributed by atoms with E-state index in [1.807, 2.05) is 11.9 Å². The fourth-order valence-corrected chi connectivity index (χ4v) is 1.83. The Kier molecular flexibility index (Phi) is 3.92. The van der Waals surface area contributed by atoms with Crippen LogP contribution in [-0.4, -0.2) is 36.0 Å². The fraction of sp³-hybridized carbons (Fsp3) is 0.500. The highest BCUT2D eigenvalue weighted by Gasteiger charge is 2.32. The Morgan fingerprint density at radius 2 is 2.21 bits per heavy atom. The second-order valence-electron chi connectivity index (χ2n) is 4.38. The molecule has 0 atom stereocenters. The van der Waals surface area contributed by atoms with Gasteiger partial charge in [0.25, 0.3) is 0 Å². The summed E-state index contributed by atoms with van der Waals surface area (Å²) in [5, 5.41) is 3.05. The van der Waals surface area contributed by atoms with Gasteiger partial charge in [0.05, 0.1) is 0 Å². The van der Waals surface area contributed by atoms with Gasteiger partial charge in [0.1, 0.15) is 5.69 Å². The van der Waals surface area contributed by atoms with Crippen LogP contribution in [0.2, 0.25) is 0 Å². The van der Waals surface area contributed by atoms with Crippen molar-refractivity contribution in [2.24, 2.45) is 4.99 Å². The van der Waals surface area contributed by atoms with E-state index in [0.29, 0.717) is 12.1 Å². The Morgan fingerprint density at radius 1 is 1.42 bits per heavy atom. The molecule has 2 rings (SSSR count). The maximum atomic E-state index is 12.5. The molecule has 4 nitrogen and oxygen atoms in total. The number of aliphatic imine (C=N–C) groups is 1. The summed E-state index contributed by atoms with van der Waals surface area (Å²) >= 11 is 0. The third-order valence-corrected chi connectivity index (χ3v) is 2.84. The number of halogens is 3. The highest BCUT2D eigenvalue weighted by atomic mass is 19.4. The first-order valence-electron chi connectivity index (χ1n) is 5.98. The van der Waals surface area contributed by atoms with E-state index in [2.05, 4.69) is 15.3 Å². The number of hydrogen-bond acceptors (Lipinski definition) is 4. The molecule has 1 aliphatic rings. The number of guanidine groups is 1. The minimum atomic E-state index is -4.41. The summed E-state index contributed by atoms with van der Waals surface area (Å²) in [5.74, 6) is 0.719. The van der Waals surface area contributed by atoms with E-state index in [0.717, 1.165) is 31.5 Å². The molecule has 0 aliphatic carbocycles. The van der Waals surface area contributed by atoms with Gasteiger partial charge >= 0.3 is 6.18 Å². The van der Waals surface area contributed by atoms with Gasteiger partial charge in [-0.3, -0.25) is 9.98 Å². The monoisotopic (exact) mass is 272 g/mol. The zero-order valence-electron chi connectivity index (χ0n) is 10.5. The molecule has 0 unspecified atom stereocenters. The highest BCUT2D eigenvalue weighted by Crippen LogP contribution is 2.27. The van der Waals surface area contributed by atoms with Gasteiger partial charge in [-0.15, -0.1) is 0 Å². The predicted octanol–water partition coefficient (Wildman–Crippen LogP) is 1.88. The smallest absolute Gasteiger partial charge is 0.352 e. The summed E-state index contributed by atoms with van der Waals surface area (Å²) in [6, 6.07) is 2.61. The minimum Gasteiger partial charge on any atom is -0.352 e. The molecule has 0 saturated heterocycles. The topological polar surface area (TPSA) is 40.5 Å². The number of nitrogens with one attached hydrogen (secondary N) is 1. The highest BCUT2D eigenvalue weighted by molar-refractivity contribution is 5.80. The van der Waals surface area contributed by atoms with Crippen LogP contribution in [0.3, 0.4) is 0 Å². The van der Waals surface area contributed by atoms with Crippen LogP contribution in [0.5, 0.6) is 0 Å². The second kappa shape index (κ2) is 5.46. The Labute approximate surface area is 109 Å². The fourth-order valence-electron chi connectivity index (χ4n) is 1.83. The second-order valence-corrected chi connectivity index (χ2v) is 4.38. The quantitative estimate of drug-likeness (QED) is 0.893. The van der Waals surface area contributed by atoms with Crippen LogP contribution in [0, 0.1) is 0 Å². The first-order valence-corrected chi connectivity index (χ1v) is 5.98. The lowest BCUT2D eigenvalue weighted by molar-refractivity contribution is -0.141. The van der Waals surface area contributed by atoms with Crippen molar-refractivity contribution in [2.45, 2.75) is 19.1 Å². The van der Waals surface area contributed by atoms with Crippen molar-refractivity contribution in [3.05, 3.63) is 29.6 Å². The summed E-state index contributed by atoms with van der Waals surface area (Å²) in [6.07, 6.45) is -2.24. The Hall–Kier alpha value is -1.79. The van der Waals surface area contributed by atoms with Gasteiger partial charge in [-0.1, -0.05) is 0 Å². The van der Waals surface area contributed by atoms with Gasteiger partial charge in [-0.25, -0.2) is 0 Å². The third kappa shape index (κ3) is 3.59. The molecule has 19 heavy (non-hydrogen) atoms. The molecule has 1 aliphatic heterocycles. The van der Waals surface area contributed by atoms with Gasteiger partial charge in [0.2, 0.25) is 0 Å². The number of pyridine rings is 1. The maximum absolute atomic E-state index is 12.5. The van der Waals surface area contributed by atoms with Crippen LogP contribution in [0.4, 0.5) is 13.2 Å². The molecular formula is C12H15F3N4. The lowest BCUT2D eigenvalue weighted by Gasteiger charge is -2.25. The molecule has 0 saturated carbocycles. The van der Waals surface area contributed by atoms with Crippen LogP contribution in [0.25, 0.3) is 0 Å². The van der Waals surface area contributed by atoms with Gasteiger partial charge in [-0.2, -0.15) is 13.2 Å². The van der Waals surface area contributed by atoms with Crippen molar-refractivity contribution < 1.29 is 13.2 Å². The summed E-state index contributed by atoms with van der Waals surface area (Å²) in [7, 11) is 1.90. The molecule has 0 spiro atoms. The van der Waals surface area contributed by atoms with Crippen molar-refractivity contribution in [3.63, 3.8) is 0 Å². The summed E-state index contributed by atoms with van der Waals surface area (Å²) in [6.45, 7) is 1.95. The zero-order chi connectivity index (χ0) is 13.9. The molecular weight excluding hydrogens is 257 g/mol. The van der Waals surface area contributed by atoms with Crippen molar-refractivity contribution in [1.82, 2.24) is 15.2 Å². The average molecular weight is 272 g/mol. The zero-order valence-corrected chi connectivity index (χ0v) is 10.5. The van der Waals surface area contributed by atoms with E-state index >= 15 is 0 Å². The maximum Gasteiger partial charge on any atom is 0.433 e. The van der Waals surface area contributed by atoms with Crippen molar-refractivity contribution >= 4 is 5.96 Å². The van der Waals surface area contributed by atoms with Crippen LogP contribution in [0.15, 0.2) is 23.3 Å². The molecule has 1 N–H and O–H groups in total. The van der Waals surface area contributed by atoms with Crippen LogP contribution in [-0.2, 0) is 12.7 Å². The lowest BCUT2D eigenvalue weighted by Crippen LogP contribution is -2.41. The largest absolute Gasteiger partial charge is 0.433 e. The van der Waals surface area contributed by atoms with Crippen LogP contribution < -0.4 is 5.32 Å². The number of nitrogens with zero attached hydrogens (tertiary/aromatic N) is 3. The van der Waals surface area contributed by atoms with Crippen molar-refractivity contribution in [3.8, 4) is 0 Å². The molecule has 0 amide bonds. The molecule has 2 heterocycles. The summed E-state index contributed by atoms with van der Waals surface area (Å²) in [5.41, 5.74) is -0.338. The molecule has 104 valence electrons. The molecule has 0 bridgehead atoms. The average Bonchev–Trinajstić information content (AvgIpc) is 2.37. The number of rotatable bonds is 2. The van der Waals surface area contributed by atoms with E-state index in [-0.39, 0.29) is 0 Å². The van der Waals surface area contributed by atoms with E-state index in [9.17, 15) is 13.2 Å².